The molecule has 3 aromatic rings. The molecule has 0 aliphatic rings. The van der Waals surface area contributed by atoms with Gasteiger partial charge in [0, 0.05) is 6.20 Å². The Labute approximate surface area is 110 Å². The summed E-state index contributed by atoms with van der Waals surface area (Å²) in [5, 5.41) is 4.15. The fraction of sp³-hybridized carbons (Fsp3) is 0. The number of hydrogen-bond donors (Lipinski definition) is 1. The third kappa shape index (κ3) is 1.72. The van der Waals surface area contributed by atoms with Gasteiger partial charge in [-0.25, -0.2) is 13.5 Å². The number of H-pyrrole nitrogens is 1. The molecule has 0 atom stereocenters. The highest BCUT2D eigenvalue weighted by Crippen LogP contribution is 2.25. The largest absolute Gasteiger partial charge is 0.327 e. The highest BCUT2D eigenvalue weighted by atomic mass is 35.5. The van der Waals surface area contributed by atoms with Crippen molar-refractivity contribution in [2.75, 3.05) is 0 Å². The number of nitrogens with one attached hydrogen (secondary N) is 1. The van der Waals surface area contributed by atoms with E-state index in [9.17, 15) is 13.6 Å². The van der Waals surface area contributed by atoms with Gasteiger partial charge in [-0.3, -0.25) is 4.79 Å². The summed E-state index contributed by atoms with van der Waals surface area (Å²) in [5.41, 5.74) is -0.637. The van der Waals surface area contributed by atoms with E-state index >= 15 is 0 Å². The molecule has 0 radical (unpaired) electrons. The van der Waals surface area contributed by atoms with Crippen molar-refractivity contribution in [1.29, 1.82) is 0 Å². The predicted molar refractivity (Wildman–Crippen MR) is 66.6 cm³/mol. The first-order chi connectivity index (χ1) is 9.09. The number of aromatic nitrogens is 3. The molecular weight excluding hydrogens is 276 g/mol. The second-order valence-electron chi connectivity index (χ2n) is 3.85. The molecule has 1 aromatic carbocycles. The first-order valence-corrected chi connectivity index (χ1v) is 5.66. The number of fused-ring (bicyclic) bond motifs is 1. The van der Waals surface area contributed by atoms with Crippen LogP contribution in [0.1, 0.15) is 0 Å². The number of pyridine rings is 1. The summed E-state index contributed by atoms with van der Waals surface area (Å²) in [4.78, 5) is 14.0. The van der Waals surface area contributed by atoms with E-state index in [1.807, 2.05) is 0 Å². The van der Waals surface area contributed by atoms with Gasteiger partial charge in [0.2, 0.25) is 0 Å². The molecule has 1 N–H and O–H groups in total. The van der Waals surface area contributed by atoms with Crippen LogP contribution in [-0.4, -0.2) is 14.8 Å². The molecule has 4 nitrogen and oxygen atoms in total. The lowest BCUT2D eigenvalue weighted by Gasteiger charge is -2.06. The summed E-state index contributed by atoms with van der Waals surface area (Å²) >= 11 is 5.95. The van der Waals surface area contributed by atoms with Crippen molar-refractivity contribution >= 4 is 22.5 Å². The Balaban J connectivity index is 2.45. The van der Waals surface area contributed by atoms with E-state index in [1.54, 1.807) is 0 Å². The van der Waals surface area contributed by atoms with Crippen LogP contribution in [0.25, 0.3) is 16.6 Å². The molecule has 2 heterocycles. The van der Waals surface area contributed by atoms with Crippen molar-refractivity contribution in [3.63, 3.8) is 0 Å². The second-order valence-corrected chi connectivity index (χ2v) is 4.26. The van der Waals surface area contributed by atoms with Gasteiger partial charge in [0.15, 0.2) is 11.6 Å². The molecule has 2 aromatic heterocycles. The number of hydrogen-bond acceptors (Lipinski definition) is 2. The fourth-order valence-corrected chi connectivity index (χ4v) is 2.12. The summed E-state index contributed by atoms with van der Waals surface area (Å²) in [6.45, 7) is 0. The number of para-hydroxylation sites is 1. The smallest absolute Gasteiger partial charge is 0.259 e. The van der Waals surface area contributed by atoms with E-state index in [4.69, 9.17) is 11.6 Å². The van der Waals surface area contributed by atoms with Gasteiger partial charge in [-0.2, -0.15) is 5.10 Å². The van der Waals surface area contributed by atoms with Crippen molar-refractivity contribution in [2.45, 2.75) is 0 Å². The van der Waals surface area contributed by atoms with Crippen molar-refractivity contribution < 1.29 is 8.78 Å². The zero-order valence-electron chi connectivity index (χ0n) is 9.32. The van der Waals surface area contributed by atoms with E-state index in [0.717, 1.165) is 16.8 Å². The number of rotatable bonds is 1. The molecule has 96 valence electrons. The molecule has 0 aliphatic heterocycles. The maximum atomic E-state index is 13.7. The quantitative estimate of drug-likeness (QED) is 0.745. The van der Waals surface area contributed by atoms with Crippen molar-refractivity contribution in [3.05, 3.63) is 57.6 Å². The van der Waals surface area contributed by atoms with Crippen LogP contribution >= 0.6 is 11.6 Å². The first-order valence-electron chi connectivity index (χ1n) is 5.29. The van der Waals surface area contributed by atoms with E-state index in [-0.39, 0.29) is 21.6 Å². The molecule has 3 rings (SSSR count). The Kier molecular flexibility index (Phi) is 2.60. The van der Waals surface area contributed by atoms with Gasteiger partial charge < -0.3 is 4.98 Å². The molecule has 7 heteroatoms. The standard InChI is InChI=1S/C12H6ClF2N3O/c13-7-5-16-12(19)6-4-17-18(10(6)7)11-8(14)2-1-3-9(11)15/h1-5H,(H,16,19). The molecule has 0 saturated heterocycles. The second kappa shape index (κ2) is 4.17. The van der Waals surface area contributed by atoms with Crippen LogP contribution in [0.15, 0.2) is 35.4 Å². The Morgan fingerprint density at radius 1 is 1.26 bits per heavy atom. The van der Waals surface area contributed by atoms with Gasteiger partial charge in [0.1, 0.15) is 5.69 Å². The number of benzene rings is 1. The summed E-state index contributed by atoms with van der Waals surface area (Å²) in [6, 6.07) is 3.45. The fourth-order valence-electron chi connectivity index (χ4n) is 1.88. The van der Waals surface area contributed by atoms with Crippen LogP contribution in [0.4, 0.5) is 8.78 Å². The average molecular weight is 282 g/mol. The van der Waals surface area contributed by atoms with Crippen LogP contribution in [0, 0.1) is 11.6 Å². The summed E-state index contributed by atoms with van der Waals surface area (Å²) in [7, 11) is 0. The Hall–Kier alpha value is -2.21. The van der Waals surface area contributed by atoms with Gasteiger partial charge in [-0.1, -0.05) is 17.7 Å². The van der Waals surface area contributed by atoms with Crippen LogP contribution in [0.3, 0.4) is 0 Å². The minimum absolute atomic E-state index is 0.148. The number of halogens is 3. The number of nitrogens with zero attached hydrogens (tertiary/aromatic N) is 2. The zero-order chi connectivity index (χ0) is 13.6. The SMILES string of the molecule is O=c1[nH]cc(Cl)c2c1cnn2-c1c(F)cccc1F. The Bertz CT molecular complexity index is 820. The van der Waals surface area contributed by atoms with Crippen molar-refractivity contribution in [1.82, 2.24) is 14.8 Å². The average Bonchev–Trinajstić information content (AvgIpc) is 2.80. The third-order valence-electron chi connectivity index (χ3n) is 2.72. The van der Waals surface area contributed by atoms with E-state index < -0.39 is 17.2 Å². The zero-order valence-corrected chi connectivity index (χ0v) is 10.1. The van der Waals surface area contributed by atoms with Gasteiger partial charge in [-0.15, -0.1) is 0 Å². The van der Waals surface area contributed by atoms with Gasteiger partial charge in [0.05, 0.1) is 22.1 Å². The van der Waals surface area contributed by atoms with Gasteiger partial charge in [-0.05, 0) is 12.1 Å². The molecule has 19 heavy (non-hydrogen) atoms. The molecule has 0 unspecified atom stereocenters. The molecule has 0 amide bonds. The lowest BCUT2D eigenvalue weighted by molar-refractivity contribution is 0.563. The van der Waals surface area contributed by atoms with Crippen LogP contribution in [0.2, 0.25) is 5.02 Å². The predicted octanol–water partition coefficient (Wildman–Crippen LogP) is 2.65. The summed E-state index contributed by atoms with van der Waals surface area (Å²) in [6.07, 6.45) is 2.47. The van der Waals surface area contributed by atoms with E-state index in [2.05, 4.69) is 10.1 Å². The Morgan fingerprint density at radius 3 is 2.63 bits per heavy atom. The number of aromatic amines is 1. The molecule has 0 fully saturated rings. The highest BCUT2D eigenvalue weighted by molar-refractivity contribution is 6.34. The highest BCUT2D eigenvalue weighted by Gasteiger charge is 2.17. The molecule has 0 aliphatic carbocycles. The normalized spacial score (nSPS) is 11.1. The van der Waals surface area contributed by atoms with Crippen molar-refractivity contribution in [3.8, 4) is 5.69 Å². The minimum atomic E-state index is -0.790. The molecular formula is C12H6ClF2N3O. The van der Waals surface area contributed by atoms with Crippen LogP contribution in [0.5, 0.6) is 0 Å². The van der Waals surface area contributed by atoms with E-state index in [1.165, 1.54) is 18.5 Å². The maximum Gasteiger partial charge on any atom is 0.259 e. The monoisotopic (exact) mass is 281 g/mol. The Morgan fingerprint density at radius 2 is 1.95 bits per heavy atom. The third-order valence-corrected chi connectivity index (χ3v) is 3.01. The lowest BCUT2D eigenvalue weighted by atomic mass is 10.2. The molecule has 0 spiro atoms. The van der Waals surface area contributed by atoms with Gasteiger partial charge >= 0.3 is 0 Å². The maximum absolute atomic E-state index is 13.7. The van der Waals surface area contributed by atoms with Gasteiger partial charge in [0.25, 0.3) is 5.56 Å². The van der Waals surface area contributed by atoms with Crippen LogP contribution in [-0.2, 0) is 0 Å². The molecule has 0 saturated carbocycles. The summed E-state index contributed by atoms with van der Waals surface area (Å²) in [5.74, 6) is -1.58. The van der Waals surface area contributed by atoms with Crippen LogP contribution < -0.4 is 5.56 Å². The summed E-state index contributed by atoms with van der Waals surface area (Å²) < 4.78 is 28.5. The van der Waals surface area contributed by atoms with E-state index in [0.29, 0.717) is 0 Å². The lowest BCUT2D eigenvalue weighted by Crippen LogP contribution is -2.07. The minimum Gasteiger partial charge on any atom is -0.327 e. The van der Waals surface area contributed by atoms with Crippen molar-refractivity contribution in [2.24, 2.45) is 0 Å². The first kappa shape index (κ1) is 11.9. The molecule has 0 bridgehead atoms. The topological polar surface area (TPSA) is 50.7 Å².